The Morgan fingerprint density at radius 1 is 1.48 bits per heavy atom. The number of benzene rings is 1. The van der Waals surface area contributed by atoms with Gasteiger partial charge in [0.15, 0.2) is 6.10 Å². The van der Waals surface area contributed by atoms with Crippen LogP contribution in [0.15, 0.2) is 24.3 Å². The molecule has 1 unspecified atom stereocenters. The summed E-state index contributed by atoms with van der Waals surface area (Å²) in [5, 5.41) is 3.25. The molecule has 5 heteroatoms. The summed E-state index contributed by atoms with van der Waals surface area (Å²) < 4.78 is 10.9. The monoisotopic (exact) mass is 292 g/mol. The first-order chi connectivity index (χ1) is 10.1. The number of methoxy groups -OCH3 is 1. The van der Waals surface area contributed by atoms with E-state index in [0.29, 0.717) is 32.2 Å². The molecule has 1 amide bonds. The van der Waals surface area contributed by atoms with Crippen LogP contribution in [0.3, 0.4) is 0 Å². The van der Waals surface area contributed by atoms with E-state index in [9.17, 15) is 4.79 Å². The zero-order valence-electron chi connectivity index (χ0n) is 13.0. The summed E-state index contributed by atoms with van der Waals surface area (Å²) in [7, 11) is 1.65. The fourth-order valence-corrected chi connectivity index (χ4v) is 2.39. The Bertz CT molecular complexity index is 476. The molecular weight excluding hydrogens is 268 g/mol. The lowest BCUT2D eigenvalue weighted by Gasteiger charge is -2.32. The van der Waals surface area contributed by atoms with Crippen molar-refractivity contribution in [3.63, 3.8) is 0 Å². The Balaban J connectivity index is 2.03. The molecule has 0 bridgehead atoms. The predicted octanol–water partition coefficient (Wildman–Crippen LogP) is 1.99. The van der Waals surface area contributed by atoms with Crippen LogP contribution in [0.1, 0.15) is 13.8 Å². The maximum atomic E-state index is 12.7. The first kappa shape index (κ1) is 15.6. The highest BCUT2D eigenvalue weighted by atomic mass is 16.5. The van der Waals surface area contributed by atoms with Gasteiger partial charge in [0.2, 0.25) is 0 Å². The van der Waals surface area contributed by atoms with Crippen molar-refractivity contribution in [2.45, 2.75) is 20.0 Å². The number of hydrogen-bond acceptors (Lipinski definition) is 4. The normalized spacial score (nSPS) is 16.9. The third-order valence-electron chi connectivity index (χ3n) is 3.37. The molecule has 1 N–H and O–H groups in total. The number of hydrogen-bond donors (Lipinski definition) is 1. The van der Waals surface area contributed by atoms with E-state index in [1.165, 1.54) is 0 Å². The van der Waals surface area contributed by atoms with E-state index in [2.05, 4.69) is 19.2 Å². The Labute approximate surface area is 126 Å². The zero-order chi connectivity index (χ0) is 15.2. The highest BCUT2D eigenvalue weighted by molar-refractivity contribution is 5.83. The van der Waals surface area contributed by atoms with Crippen molar-refractivity contribution in [2.75, 3.05) is 38.7 Å². The van der Waals surface area contributed by atoms with Crippen molar-refractivity contribution in [2.24, 2.45) is 5.92 Å². The fraction of sp³-hybridized carbons (Fsp3) is 0.562. The number of fused-ring (bicyclic) bond motifs is 1. The molecule has 1 atom stereocenters. The number of rotatable bonds is 6. The van der Waals surface area contributed by atoms with Crippen LogP contribution in [0.2, 0.25) is 0 Å². The average molecular weight is 292 g/mol. The van der Waals surface area contributed by atoms with Gasteiger partial charge in [0.1, 0.15) is 5.75 Å². The second-order valence-electron chi connectivity index (χ2n) is 5.65. The summed E-state index contributed by atoms with van der Waals surface area (Å²) in [6, 6.07) is 7.68. The molecule has 0 saturated carbocycles. The number of nitrogens with one attached hydrogen (secondary N) is 1. The topological polar surface area (TPSA) is 50.8 Å². The number of nitrogens with zero attached hydrogens (tertiary/aromatic N) is 1. The highest BCUT2D eigenvalue weighted by Crippen LogP contribution is 2.28. The van der Waals surface area contributed by atoms with E-state index in [1.54, 1.807) is 7.11 Å². The van der Waals surface area contributed by atoms with E-state index in [0.717, 1.165) is 11.4 Å². The summed E-state index contributed by atoms with van der Waals surface area (Å²) in [4.78, 5) is 14.5. The SMILES string of the molecule is COCCN(CC(C)C)C(=O)C1CNc2ccccc2O1. The number of ether oxygens (including phenoxy) is 2. The second kappa shape index (κ2) is 7.31. The quantitative estimate of drug-likeness (QED) is 0.871. The molecule has 1 aromatic carbocycles. The van der Waals surface area contributed by atoms with Crippen LogP contribution < -0.4 is 10.1 Å². The first-order valence-electron chi connectivity index (χ1n) is 7.39. The third kappa shape index (κ3) is 4.11. The molecule has 5 nitrogen and oxygen atoms in total. The van der Waals surface area contributed by atoms with E-state index in [-0.39, 0.29) is 5.91 Å². The van der Waals surface area contributed by atoms with Crippen LogP contribution in [0, 0.1) is 5.92 Å². The van der Waals surface area contributed by atoms with E-state index in [4.69, 9.17) is 9.47 Å². The molecule has 0 radical (unpaired) electrons. The molecule has 0 aromatic heterocycles. The number of carbonyl (C=O) groups is 1. The largest absolute Gasteiger partial charge is 0.477 e. The fourth-order valence-electron chi connectivity index (χ4n) is 2.39. The Morgan fingerprint density at radius 3 is 2.95 bits per heavy atom. The molecule has 21 heavy (non-hydrogen) atoms. The van der Waals surface area contributed by atoms with Gasteiger partial charge in [-0.15, -0.1) is 0 Å². The smallest absolute Gasteiger partial charge is 0.265 e. The molecule has 0 spiro atoms. The molecule has 0 fully saturated rings. The van der Waals surface area contributed by atoms with Crippen LogP contribution in [-0.2, 0) is 9.53 Å². The van der Waals surface area contributed by atoms with Gasteiger partial charge < -0.3 is 19.7 Å². The minimum atomic E-state index is -0.476. The minimum Gasteiger partial charge on any atom is -0.477 e. The predicted molar refractivity (Wildman–Crippen MR) is 82.6 cm³/mol. The third-order valence-corrected chi connectivity index (χ3v) is 3.37. The molecular formula is C16H24N2O3. The van der Waals surface area contributed by atoms with Gasteiger partial charge in [-0.2, -0.15) is 0 Å². The number of amides is 1. The highest BCUT2D eigenvalue weighted by Gasteiger charge is 2.29. The van der Waals surface area contributed by atoms with Crippen molar-refractivity contribution in [1.82, 2.24) is 4.90 Å². The van der Waals surface area contributed by atoms with E-state index < -0.39 is 6.10 Å². The standard InChI is InChI=1S/C16H24N2O3/c1-12(2)11-18(8-9-20-3)16(19)15-10-17-13-6-4-5-7-14(13)21-15/h4-7,12,15,17H,8-11H2,1-3H3. The molecule has 2 rings (SSSR count). The molecule has 1 aromatic rings. The molecule has 116 valence electrons. The molecule has 1 aliphatic heterocycles. The van der Waals surface area contributed by atoms with Crippen molar-refractivity contribution >= 4 is 11.6 Å². The van der Waals surface area contributed by atoms with Crippen LogP contribution in [0.4, 0.5) is 5.69 Å². The lowest BCUT2D eigenvalue weighted by atomic mass is 10.1. The second-order valence-corrected chi connectivity index (χ2v) is 5.65. The summed E-state index contributed by atoms with van der Waals surface area (Å²) in [5.41, 5.74) is 0.939. The van der Waals surface area contributed by atoms with E-state index >= 15 is 0 Å². The van der Waals surface area contributed by atoms with Crippen molar-refractivity contribution in [3.05, 3.63) is 24.3 Å². The molecule has 0 saturated heterocycles. The zero-order valence-corrected chi connectivity index (χ0v) is 13.0. The van der Waals surface area contributed by atoms with Crippen LogP contribution in [0.5, 0.6) is 5.75 Å². The molecule has 1 heterocycles. The molecule has 1 aliphatic rings. The maximum absolute atomic E-state index is 12.7. The Morgan fingerprint density at radius 2 is 2.24 bits per heavy atom. The van der Waals surface area contributed by atoms with Gasteiger partial charge in [0, 0.05) is 20.2 Å². The van der Waals surface area contributed by atoms with Gasteiger partial charge in [-0.05, 0) is 18.1 Å². The van der Waals surface area contributed by atoms with Gasteiger partial charge in [-0.3, -0.25) is 4.79 Å². The van der Waals surface area contributed by atoms with Gasteiger partial charge in [0.25, 0.3) is 5.91 Å². The van der Waals surface area contributed by atoms with Gasteiger partial charge in [-0.25, -0.2) is 0 Å². The van der Waals surface area contributed by atoms with E-state index in [1.807, 2.05) is 29.2 Å². The summed E-state index contributed by atoms with van der Waals surface area (Å²) in [5.74, 6) is 1.16. The number of anilines is 1. The number of para-hydroxylation sites is 2. The average Bonchev–Trinajstić information content (AvgIpc) is 2.50. The first-order valence-corrected chi connectivity index (χ1v) is 7.39. The van der Waals surface area contributed by atoms with Gasteiger partial charge >= 0.3 is 0 Å². The van der Waals surface area contributed by atoms with Crippen LogP contribution in [0.25, 0.3) is 0 Å². The maximum Gasteiger partial charge on any atom is 0.265 e. The Hall–Kier alpha value is -1.75. The summed E-state index contributed by atoms with van der Waals surface area (Å²) in [6.45, 7) is 6.54. The lowest BCUT2D eigenvalue weighted by Crippen LogP contribution is -2.49. The van der Waals surface area contributed by atoms with Crippen molar-refractivity contribution in [3.8, 4) is 5.75 Å². The van der Waals surface area contributed by atoms with Crippen LogP contribution in [-0.4, -0.2) is 50.3 Å². The van der Waals surface area contributed by atoms with Gasteiger partial charge in [0.05, 0.1) is 18.8 Å². The van der Waals surface area contributed by atoms with Crippen molar-refractivity contribution < 1.29 is 14.3 Å². The minimum absolute atomic E-state index is 0.0164. The van der Waals surface area contributed by atoms with Crippen molar-refractivity contribution in [1.29, 1.82) is 0 Å². The Kier molecular flexibility index (Phi) is 5.44. The summed E-state index contributed by atoms with van der Waals surface area (Å²) >= 11 is 0. The number of carbonyl (C=O) groups excluding carboxylic acids is 1. The van der Waals surface area contributed by atoms with Gasteiger partial charge in [-0.1, -0.05) is 26.0 Å². The summed E-state index contributed by atoms with van der Waals surface area (Å²) in [6.07, 6.45) is -0.476. The van der Waals surface area contributed by atoms with Crippen LogP contribution >= 0.6 is 0 Å². The lowest BCUT2D eigenvalue weighted by molar-refractivity contribution is -0.139. The molecule has 0 aliphatic carbocycles.